The molecule has 3 aromatic heterocycles. The summed E-state index contributed by atoms with van der Waals surface area (Å²) in [5, 5.41) is 8.83. The molecule has 3 aromatic rings. The number of aryl methyl sites for hydroxylation is 2. The molecule has 1 aliphatic rings. The molecule has 2 amide bonds. The second kappa shape index (κ2) is 8.38. The van der Waals surface area contributed by atoms with E-state index in [0.29, 0.717) is 15.5 Å². The molecule has 0 saturated carbocycles. The van der Waals surface area contributed by atoms with Gasteiger partial charge in [-0.05, 0) is 61.0 Å². The molecule has 28 heavy (non-hydrogen) atoms. The van der Waals surface area contributed by atoms with Crippen molar-refractivity contribution in [2.75, 3.05) is 0 Å². The van der Waals surface area contributed by atoms with E-state index >= 15 is 0 Å². The summed E-state index contributed by atoms with van der Waals surface area (Å²) in [5.41, 5.74) is 6.25. The third-order valence-corrected chi connectivity index (χ3v) is 7.00. The molecule has 0 aromatic carbocycles. The lowest BCUT2D eigenvalue weighted by Crippen LogP contribution is -2.43. The monoisotopic (exact) mass is 433 g/mol. The second-order valence-electron chi connectivity index (χ2n) is 6.54. The van der Waals surface area contributed by atoms with E-state index in [1.165, 1.54) is 52.4 Å². The van der Waals surface area contributed by atoms with Crippen molar-refractivity contribution in [3.8, 4) is 10.7 Å². The lowest BCUT2D eigenvalue weighted by molar-refractivity contribution is -0.122. The summed E-state index contributed by atoms with van der Waals surface area (Å²) in [7, 11) is 0. The smallest absolute Gasteiger partial charge is 0.279 e. The molecule has 4 rings (SSSR count). The van der Waals surface area contributed by atoms with Gasteiger partial charge in [-0.1, -0.05) is 12.5 Å². The summed E-state index contributed by atoms with van der Waals surface area (Å²) >= 11 is 8.25. The number of fused-ring (bicyclic) bond motifs is 1. The minimum atomic E-state index is -0.373. The molecule has 0 radical (unpaired) electrons. The minimum absolute atomic E-state index is 0.0379. The fraction of sp³-hybridized carbons (Fsp3) is 0.333. The van der Waals surface area contributed by atoms with Crippen molar-refractivity contribution in [2.24, 2.45) is 0 Å². The highest BCUT2D eigenvalue weighted by atomic mass is 32.1. The number of carbonyl (C=O) groups excluding carboxylic acids is 2. The van der Waals surface area contributed by atoms with E-state index in [4.69, 9.17) is 12.2 Å². The third kappa shape index (κ3) is 4.08. The van der Waals surface area contributed by atoms with Crippen LogP contribution in [0.2, 0.25) is 0 Å². The van der Waals surface area contributed by atoms with Crippen molar-refractivity contribution in [1.82, 2.24) is 25.6 Å². The molecule has 3 heterocycles. The number of hydrogen-bond donors (Lipinski definition) is 3. The van der Waals surface area contributed by atoms with Gasteiger partial charge < -0.3 is 0 Å². The van der Waals surface area contributed by atoms with Crippen molar-refractivity contribution in [1.29, 1.82) is 0 Å². The fourth-order valence-electron chi connectivity index (χ4n) is 3.21. The van der Waals surface area contributed by atoms with E-state index in [9.17, 15) is 9.59 Å². The Morgan fingerprint density at radius 2 is 2.11 bits per heavy atom. The minimum Gasteiger partial charge on any atom is -0.290 e. The summed E-state index contributed by atoms with van der Waals surface area (Å²) in [4.78, 5) is 27.6. The molecule has 7 nitrogen and oxygen atoms in total. The fourth-order valence-corrected chi connectivity index (χ4v) is 5.28. The van der Waals surface area contributed by atoms with Crippen LogP contribution in [0.3, 0.4) is 0 Å². The SMILES string of the molecule is O=C(Cn1c(-c2cccs2)n[nH]c1=S)NNC(=O)c1cc2c(s1)CCCCC2. The van der Waals surface area contributed by atoms with Gasteiger partial charge in [0.25, 0.3) is 11.8 Å². The number of amides is 2. The van der Waals surface area contributed by atoms with Crippen LogP contribution in [0.25, 0.3) is 10.7 Å². The Hall–Kier alpha value is -2.30. The summed E-state index contributed by atoms with van der Waals surface area (Å²) in [6, 6.07) is 5.77. The van der Waals surface area contributed by atoms with Crippen LogP contribution in [-0.4, -0.2) is 26.6 Å². The molecule has 0 fully saturated rings. The van der Waals surface area contributed by atoms with Crippen LogP contribution >= 0.6 is 34.9 Å². The van der Waals surface area contributed by atoms with Gasteiger partial charge in [-0.15, -0.1) is 22.7 Å². The number of nitrogens with zero attached hydrogens (tertiary/aromatic N) is 2. The number of H-pyrrole nitrogens is 1. The van der Waals surface area contributed by atoms with Crippen LogP contribution < -0.4 is 10.9 Å². The number of thiophene rings is 2. The molecule has 0 atom stereocenters. The highest BCUT2D eigenvalue weighted by Gasteiger charge is 2.18. The predicted octanol–water partition coefficient (Wildman–Crippen LogP) is 3.46. The first-order valence-corrected chi connectivity index (χ1v) is 11.1. The van der Waals surface area contributed by atoms with Crippen LogP contribution in [-0.2, 0) is 24.2 Å². The van der Waals surface area contributed by atoms with Gasteiger partial charge in [0.15, 0.2) is 10.6 Å². The first kappa shape index (κ1) is 19.0. The topological polar surface area (TPSA) is 91.8 Å². The molecule has 1 aliphatic carbocycles. The van der Waals surface area contributed by atoms with Crippen molar-refractivity contribution >= 4 is 46.7 Å². The Balaban J connectivity index is 1.38. The Morgan fingerprint density at radius 3 is 2.93 bits per heavy atom. The molecule has 0 unspecified atom stereocenters. The molecule has 10 heteroatoms. The average Bonchev–Trinajstić information content (AvgIpc) is 3.39. The Morgan fingerprint density at radius 1 is 1.25 bits per heavy atom. The van der Waals surface area contributed by atoms with Gasteiger partial charge >= 0.3 is 0 Å². The molecule has 146 valence electrons. The van der Waals surface area contributed by atoms with Crippen LogP contribution in [0.1, 0.15) is 39.4 Å². The highest BCUT2D eigenvalue weighted by Crippen LogP contribution is 2.28. The average molecular weight is 434 g/mol. The van der Waals surface area contributed by atoms with Gasteiger partial charge in [0.05, 0.1) is 9.75 Å². The second-order valence-corrected chi connectivity index (χ2v) is 9.01. The van der Waals surface area contributed by atoms with Crippen LogP contribution in [0.5, 0.6) is 0 Å². The van der Waals surface area contributed by atoms with Gasteiger partial charge in [0.1, 0.15) is 6.54 Å². The molecular weight excluding hydrogens is 414 g/mol. The van der Waals surface area contributed by atoms with Crippen LogP contribution in [0.15, 0.2) is 23.6 Å². The van der Waals surface area contributed by atoms with E-state index < -0.39 is 0 Å². The van der Waals surface area contributed by atoms with Crippen molar-refractivity contribution < 1.29 is 9.59 Å². The van der Waals surface area contributed by atoms with Crippen LogP contribution in [0.4, 0.5) is 0 Å². The molecule has 0 aliphatic heterocycles. The summed E-state index contributed by atoms with van der Waals surface area (Å²) < 4.78 is 1.96. The molecular formula is C18H19N5O2S3. The number of aromatic nitrogens is 3. The molecule has 0 spiro atoms. The summed E-state index contributed by atoms with van der Waals surface area (Å²) in [6.45, 7) is -0.0379. The lowest BCUT2D eigenvalue weighted by Gasteiger charge is -2.08. The van der Waals surface area contributed by atoms with Crippen molar-refractivity contribution in [3.63, 3.8) is 0 Å². The van der Waals surface area contributed by atoms with Gasteiger partial charge in [0.2, 0.25) is 0 Å². The first-order chi connectivity index (χ1) is 13.6. The zero-order valence-electron chi connectivity index (χ0n) is 15.0. The molecule has 3 N–H and O–H groups in total. The van der Waals surface area contributed by atoms with E-state index in [1.54, 1.807) is 4.57 Å². The third-order valence-electron chi connectivity index (χ3n) is 4.59. The largest absolute Gasteiger partial charge is 0.290 e. The van der Waals surface area contributed by atoms with Gasteiger partial charge in [-0.3, -0.25) is 30.1 Å². The predicted molar refractivity (Wildman–Crippen MR) is 112 cm³/mol. The van der Waals surface area contributed by atoms with Crippen molar-refractivity contribution in [2.45, 2.75) is 38.6 Å². The van der Waals surface area contributed by atoms with E-state index in [-0.39, 0.29) is 18.4 Å². The van der Waals surface area contributed by atoms with Crippen LogP contribution in [0, 0.1) is 4.77 Å². The maximum atomic E-state index is 12.4. The number of nitrogens with one attached hydrogen (secondary N) is 3. The highest BCUT2D eigenvalue weighted by molar-refractivity contribution is 7.71. The lowest BCUT2D eigenvalue weighted by atomic mass is 10.1. The molecule has 0 bridgehead atoms. The Kier molecular flexibility index (Phi) is 5.69. The quantitative estimate of drug-likeness (QED) is 0.334. The standard InChI is InChI=1S/C18H19N5O2S3/c24-15(10-23-16(20-22-18(23)26)13-7-4-8-27-13)19-21-17(25)14-9-11-5-2-1-3-6-12(11)28-14/h4,7-9H,1-3,5-6,10H2,(H,19,24)(H,21,25)(H,22,26). The zero-order chi connectivity index (χ0) is 19.5. The molecule has 0 saturated heterocycles. The van der Waals surface area contributed by atoms with E-state index in [0.717, 1.165) is 17.7 Å². The maximum Gasteiger partial charge on any atom is 0.279 e. The normalized spacial score (nSPS) is 13.6. The van der Waals surface area contributed by atoms with E-state index in [2.05, 4.69) is 21.0 Å². The maximum absolute atomic E-state index is 12.4. The van der Waals surface area contributed by atoms with Crippen molar-refractivity contribution in [3.05, 3.63) is 43.7 Å². The number of hydrazine groups is 1. The first-order valence-electron chi connectivity index (χ1n) is 9.01. The number of hydrogen-bond acceptors (Lipinski definition) is 6. The van der Waals surface area contributed by atoms with Gasteiger partial charge in [-0.25, -0.2) is 0 Å². The van der Waals surface area contributed by atoms with Gasteiger partial charge in [-0.2, -0.15) is 5.10 Å². The van der Waals surface area contributed by atoms with Gasteiger partial charge in [0, 0.05) is 4.88 Å². The summed E-state index contributed by atoms with van der Waals surface area (Å²) in [6.07, 6.45) is 5.63. The van der Waals surface area contributed by atoms with E-state index in [1.807, 2.05) is 23.6 Å². The Labute approximate surface area is 174 Å². The number of rotatable bonds is 4. The number of aromatic amines is 1. The Bertz CT molecular complexity index is 1020. The number of carbonyl (C=O) groups is 2. The zero-order valence-corrected chi connectivity index (χ0v) is 17.4. The summed E-state index contributed by atoms with van der Waals surface area (Å²) in [5.74, 6) is -0.0639.